The van der Waals surface area contributed by atoms with E-state index in [1.807, 2.05) is 26.8 Å². The number of hydrogen-bond donors (Lipinski definition) is 5. The SMILES string of the molecule is CN/C=C(\C=N)c1nc(NC2CCCCC2NC(=O)OC(C)(C)C)cc2c1C(=O)NC2. The van der Waals surface area contributed by atoms with Crippen molar-refractivity contribution in [1.82, 2.24) is 20.9 Å². The van der Waals surface area contributed by atoms with Crippen molar-refractivity contribution in [1.29, 1.82) is 5.41 Å². The lowest BCUT2D eigenvalue weighted by Gasteiger charge is -2.34. The van der Waals surface area contributed by atoms with Crippen LogP contribution in [0.15, 0.2) is 12.3 Å². The number of ether oxygens (including phenoxy) is 1. The molecule has 2 unspecified atom stereocenters. The molecule has 0 aromatic carbocycles. The van der Waals surface area contributed by atoms with Gasteiger partial charge in [-0.1, -0.05) is 12.8 Å². The first-order valence-corrected chi connectivity index (χ1v) is 10.7. The van der Waals surface area contributed by atoms with Gasteiger partial charge in [0, 0.05) is 37.6 Å². The van der Waals surface area contributed by atoms with Crippen LogP contribution in [0.2, 0.25) is 0 Å². The molecule has 1 aromatic heterocycles. The Bertz CT molecular complexity index is 890. The molecule has 0 bridgehead atoms. The number of amides is 2. The van der Waals surface area contributed by atoms with Crippen LogP contribution in [0, 0.1) is 5.41 Å². The van der Waals surface area contributed by atoms with E-state index < -0.39 is 11.7 Å². The summed E-state index contributed by atoms with van der Waals surface area (Å²) in [4.78, 5) is 29.3. The smallest absolute Gasteiger partial charge is 0.407 e. The fraction of sp³-hybridized carbons (Fsp3) is 0.545. The Morgan fingerprint density at radius 2 is 2.00 bits per heavy atom. The van der Waals surface area contributed by atoms with Crippen LogP contribution in [0.4, 0.5) is 10.6 Å². The highest BCUT2D eigenvalue weighted by Crippen LogP contribution is 2.28. The summed E-state index contributed by atoms with van der Waals surface area (Å²) in [6.07, 6.45) is 6.22. The molecule has 1 fully saturated rings. The predicted molar refractivity (Wildman–Crippen MR) is 120 cm³/mol. The van der Waals surface area contributed by atoms with Crippen LogP contribution < -0.4 is 21.3 Å². The fourth-order valence-corrected chi connectivity index (χ4v) is 4.00. The summed E-state index contributed by atoms with van der Waals surface area (Å²) >= 11 is 0. The number of carbonyl (C=O) groups excluding carboxylic acids is 2. The standard InChI is InChI=1S/C22H32N6O3/c1-22(2,3)31-21(30)27-16-8-6-5-7-15(16)26-17-9-13-12-25-20(29)18(13)19(28-17)14(10-23)11-24-4/h9-11,15-16,23-24H,5-8,12H2,1-4H3,(H,25,29)(H,26,28)(H,27,30)/b14-11+,23-10?. The van der Waals surface area contributed by atoms with E-state index in [9.17, 15) is 9.59 Å². The summed E-state index contributed by atoms with van der Waals surface area (Å²) in [6, 6.07) is 1.77. The third-order valence-electron chi connectivity index (χ3n) is 5.30. The van der Waals surface area contributed by atoms with Gasteiger partial charge in [0.1, 0.15) is 11.4 Å². The third-order valence-corrected chi connectivity index (χ3v) is 5.30. The molecule has 2 aliphatic rings. The van der Waals surface area contributed by atoms with Crippen LogP contribution in [0.25, 0.3) is 5.57 Å². The summed E-state index contributed by atoms with van der Waals surface area (Å²) in [5.74, 6) is 0.437. The summed E-state index contributed by atoms with van der Waals surface area (Å²) in [7, 11) is 1.74. The molecule has 31 heavy (non-hydrogen) atoms. The van der Waals surface area contributed by atoms with Gasteiger partial charge in [0.15, 0.2) is 0 Å². The second-order valence-corrected chi connectivity index (χ2v) is 8.89. The third kappa shape index (κ3) is 5.53. The van der Waals surface area contributed by atoms with Crippen molar-refractivity contribution in [2.45, 2.75) is 70.7 Å². The number of hydrogen-bond acceptors (Lipinski definition) is 7. The van der Waals surface area contributed by atoms with Crippen LogP contribution in [-0.2, 0) is 11.3 Å². The average Bonchev–Trinajstić information content (AvgIpc) is 3.06. The molecule has 1 saturated carbocycles. The first kappa shape index (κ1) is 22.6. The first-order valence-electron chi connectivity index (χ1n) is 10.7. The number of anilines is 1. The van der Waals surface area contributed by atoms with Gasteiger partial charge in [0.25, 0.3) is 5.91 Å². The van der Waals surface area contributed by atoms with E-state index in [0.717, 1.165) is 31.2 Å². The fourth-order valence-electron chi connectivity index (χ4n) is 4.00. The molecule has 2 amide bonds. The summed E-state index contributed by atoms with van der Waals surface area (Å²) in [6.45, 7) is 5.95. The predicted octanol–water partition coefficient (Wildman–Crippen LogP) is 2.78. The number of rotatable bonds is 6. The molecular weight excluding hydrogens is 396 g/mol. The van der Waals surface area contributed by atoms with Gasteiger partial charge in [-0.05, 0) is 45.2 Å². The number of nitrogens with zero attached hydrogens (tertiary/aromatic N) is 1. The normalized spacial score (nSPS) is 21.0. The van der Waals surface area contributed by atoms with Crippen LogP contribution in [0.3, 0.4) is 0 Å². The zero-order valence-electron chi connectivity index (χ0n) is 18.6. The maximum absolute atomic E-state index is 12.3. The van der Waals surface area contributed by atoms with Gasteiger partial charge in [-0.25, -0.2) is 9.78 Å². The average molecular weight is 429 g/mol. The molecule has 1 aliphatic carbocycles. The van der Waals surface area contributed by atoms with Crippen LogP contribution in [0.5, 0.6) is 0 Å². The van der Waals surface area contributed by atoms with Gasteiger partial charge >= 0.3 is 6.09 Å². The second-order valence-electron chi connectivity index (χ2n) is 8.89. The van der Waals surface area contributed by atoms with Crippen molar-refractivity contribution in [3.63, 3.8) is 0 Å². The van der Waals surface area contributed by atoms with E-state index in [-0.39, 0.29) is 18.0 Å². The molecule has 0 spiro atoms. The van der Waals surface area contributed by atoms with Gasteiger partial charge in [-0.15, -0.1) is 0 Å². The molecule has 5 N–H and O–H groups in total. The number of fused-ring (bicyclic) bond motifs is 1. The Morgan fingerprint density at radius 1 is 1.29 bits per heavy atom. The molecule has 0 radical (unpaired) electrons. The van der Waals surface area contributed by atoms with Gasteiger partial charge in [-0.2, -0.15) is 0 Å². The quantitative estimate of drug-likeness (QED) is 0.443. The highest BCUT2D eigenvalue weighted by molar-refractivity contribution is 6.13. The van der Waals surface area contributed by atoms with E-state index in [4.69, 9.17) is 10.1 Å². The van der Waals surface area contributed by atoms with Crippen molar-refractivity contribution in [3.8, 4) is 0 Å². The second kappa shape index (κ2) is 9.36. The number of allylic oxidation sites excluding steroid dienone is 1. The van der Waals surface area contributed by atoms with Gasteiger partial charge in [0.2, 0.25) is 0 Å². The van der Waals surface area contributed by atoms with Crippen molar-refractivity contribution in [2.75, 3.05) is 12.4 Å². The molecule has 0 saturated heterocycles. The Labute approximate surface area is 182 Å². The molecule has 2 atom stereocenters. The highest BCUT2D eigenvalue weighted by Gasteiger charge is 2.30. The van der Waals surface area contributed by atoms with Crippen molar-refractivity contribution >= 4 is 29.6 Å². The number of aromatic nitrogens is 1. The topological polar surface area (TPSA) is 128 Å². The van der Waals surface area contributed by atoms with Crippen LogP contribution in [-0.4, -0.2) is 47.9 Å². The summed E-state index contributed by atoms with van der Waals surface area (Å²) in [5.41, 5.74) is 1.77. The Morgan fingerprint density at radius 3 is 2.65 bits per heavy atom. The maximum atomic E-state index is 12.3. The zero-order chi connectivity index (χ0) is 22.6. The van der Waals surface area contributed by atoms with Gasteiger partial charge in [0.05, 0.1) is 17.3 Å². The van der Waals surface area contributed by atoms with E-state index in [0.29, 0.717) is 29.2 Å². The molecule has 9 nitrogen and oxygen atoms in total. The van der Waals surface area contributed by atoms with E-state index in [2.05, 4.69) is 26.3 Å². The highest BCUT2D eigenvalue weighted by atomic mass is 16.6. The number of pyridine rings is 1. The molecule has 168 valence electrons. The largest absolute Gasteiger partial charge is 0.444 e. The number of nitrogens with one attached hydrogen (secondary N) is 5. The Balaban J connectivity index is 1.85. The molecule has 3 rings (SSSR count). The minimum absolute atomic E-state index is 0.0126. The van der Waals surface area contributed by atoms with Crippen molar-refractivity contribution in [3.05, 3.63) is 29.1 Å². The zero-order valence-corrected chi connectivity index (χ0v) is 18.6. The minimum atomic E-state index is -0.555. The van der Waals surface area contributed by atoms with E-state index in [1.165, 1.54) is 6.21 Å². The Kier molecular flexibility index (Phi) is 6.82. The lowest BCUT2D eigenvalue weighted by Crippen LogP contribution is -2.49. The van der Waals surface area contributed by atoms with Crippen molar-refractivity contribution in [2.24, 2.45) is 0 Å². The van der Waals surface area contributed by atoms with Gasteiger partial charge < -0.3 is 31.4 Å². The molecular formula is C22H32N6O3. The van der Waals surface area contributed by atoms with E-state index >= 15 is 0 Å². The minimum Gasteiger partial charge on any atom is -0.444 e. The molecule has 2 heterocycles. The lowest BCUT2D eigenvalue weighted by atomic mass is 9.90. The van der Waals surface area contributed by atoms with E-state index in [1.54, 1.807) is 13.2 Å². The maximum Gasteiger partial charge on any atom is 0.407 e. The summed E-state index contributed by atoms with van der Waals surface area (Å²) < 4.78 is 5.42. The van der Waals surface area contributed by atoms with Crippen LogP contribution >= 0.6 is 0 Å². The van der Waals surface area contributed by atoms with Gasteiger partial charge in [-0.3, -0.25) is 4.79 Å². The molecule has 1 aromatic rings. The Hall–Kier alpha value is -3.10. The summed E-state index contributed by atoms with van der Waals surface area (Å²) in [5, 5.41) is 19.9. The monoisotopic (exact) mass is 428 g/mol. The number of alkyl carbamates (subject to hydrolysis) is 1. The molecule has 1 aliphatic heterocycles. The lowest BCUT2D eigenvalue weighted by molar-refractivity contribution is 0.0488. The van der Waals surface area contributed by atoms with Crippen LogP contribution in [0.1, 0.15) is 68.1 Å². The number of carbonyl (C=O) groups is 2. The van der Waals surface area contributed by atoms with Crippen molar-refractivity contribution < 1.29 is 14.3 Å². The first-order chi connectivity index (χ1) is 14.7. The molecule has 9 heteroatoms.